The van der Waals surface area contributed by atoms with Crippen LogP contribution in [0.1, 0.15) is 44.5 Å². The number of H-pyrrole nitrogens is 2. The van der Waals surface area contributed by atoms with Crippen LogP contribution in [0.25, 0.3) is 0 Å². The molecule has 0 saturated carbocycles. The number of carboxylic acid groups (broad SMARTS) is 2. The molecule has 0 saturated heterocycles. The van der Waals surface area contributed by atoms with Crippen LogP contribution in [-0.2, 0) is 36.8 Å². The van der Waals surface area contributed by atoms with Gasteiger partial charge in [0.25, 0.3) is 0 Å². The lowest BCUT2D eigenvalue weighted by atomic mass is 9.96. The van der Waals surface area contributed by atoms with Crippen molar-refractivity contribution in [2.45, 2.75) is 70.1 Å². The Hall–Kier alpha value is -4.27. The van der Waals surface area contributed by atoms with Gasteiger partial charge in [-0.05, 0) is 12.3 Å². The van der Waals surface area contributed by atoms with E-state index >= 15 is 0 Å². The minimum atomic E-state index is -1.28. The zero-order valence-corrected chi connectivity index (χ0v) is 21.1. The van der Waals surface area contributed by atoms with Crippen molar-refractivity contribution >= 4 is 29.7 Å². The first kappa shape index (κ1) is 30.0. The first-order valence-electron chi connectivity index (χ1n) is 12.1. The second-order valence-electron chi connectivity index (χ2n) is 8.93. The van der Waals surface area contributed by atoms with E-state index in [4.69, 9.17) is 10.8 Å². The summed E-state index contributed by atoms with van der Waals surface area (Å²) in [6.45, 7) is 3.53. The summed E-state index contributed by atoms with van der Waals surface area (Å²) in [7, 11) is 0. The lowest BCUT2D eigenvalue weighted by molar-refractivity contribution is -0.142. The number of carbonyl (C=O) groups is 5. The van der Waals surface area contributed by atoms with Crippen molar-refractivity contribution in [1.82, 2.24) is 35.9 Å². The van der Waals surface area contributed by atoms with Crippen molar-refractivity contribution < 1.29 is 34.2 Å². The Kier molecular flexibility index (Phi) is 11.4. The van der Waals surface area contributed by atoms with E-state index in [2.05, 4.69) is 35.9 Å². The molecule has 0 radical (unpaired) electrons. The average Bonchev–Trinajstić information content (AvgIpc) is 3.58. The molecule has 9 N–H and O–H groups in total. The van der Waals surface area contributed by atoms with Gasteiger partial charge in [-0.25, -0.2) is 14.8 Å². The second kappa shape index (κ2) is 14.5. The lowest BCUT2D eigenvalue weighted by Gasteiger charge is -2.28. The van der Waals surface area contributed by atoms with E-state index in [1.165, 1.54) is 25.0 Å². The van der Waals surface area contributed by atoms with Gasteiger partial charge in [0.2, 0.25) is 17.7 Å². The zero-order valence-electron chi connectivity index (χ0n) is 21.1. The summed E-state index contributed by atoms with van der Waals surface area (Å²) in [5, 5.41) is 26.0. The van der Waals surface area contributed by atoms with Gasteiger partial charge in [0.05, 0.1) is 18.7 Å². The van der Waals surface area contributed by atoms with Crippen LogP contribution in [0, 0.1) is 5.92 Å². The number of aliphatic carboxylic acids is 2. The van der Waals surface area contributed by atoms with Gasteiger partial charge in [-0.3, -0.25) is 19.2 Å². The monoisotopic (exact) mass is 534 g/mol. The normalized spacial score (nSPS) is 14.9. The van der Waals surface area contributed by atoms with Crippen molar-refractivity contribution in [2.75, 3.05) is 0 Å². The smallest absolute Gasteiger partial charge is 0.326 e. The average molecular weight is 535 g/mol. The highest BCUT2D eigenvalue weighted by Gasteiger charge is 2.33. The van der Waals surface area contributed by atoms with Gasteiger partial charge in [0.1, 0.15) is 18.1 Å². The topological polar surface area (TPSA) is 245 Å². The summed E-state index contributed by atoms with van der Waals surface area (Å²) in [5.74, 6) is -4.91. The number of nitrogens with two attached hydrogens (primary N) is 1. The van der Waals surface area contributed by atoms with Crippen LogP contribution in [0.2, 0.25) is 0 Å². The summed E-state index contributed by atoms with van der Waals surface area (Å²) >= 11 is 0. The van der Waals surface area contributed by atoms with Crippen molar-refractivity contribution in [1.29, 1.82) is 0 Å². The van der Waals surface area contributed by atoms with Crippen LogP contribution in [0.5, 0.6) is 0 Å². The van der Waals surface area contributed by atoms with E-state index in [1.807, 2.05) is 6.92 Å². The third-order valence-corrected chi connectivity index (χ3v) is 6.00. The number of carbonyl (C=O) groups excluding carboxylic acids is 3. The molecule has 15 heteroatoms. The summed E-state index contributed by atoms with van der Waals surface area (Å²) in [6, 6.07) is -4.74. The standard InChI is InChI=1S/C23H34N8O7/c1-3-12(2)19(22(36)30-17(23(37)38)7-14-9-26-11-28-14)31-21(35)16(6-13-8-25-10-27-13)29-20(34)15(24)4-5-18(32)33/h8-12,15-17,19H,3-7,24H2,1-2H3,(H,25,27)(H,26,28)(H,29,34)(H,30,36)(H,31,35)(H,32,33)(H,37,38). The molecule has 0 fully saturated rings. The maximum atomic E-state index is 13.3. The molecule has 2 aromatic heterocycles. The highest BCUT2D eigenvalue weighted by atomic mass is 16.4. The Morgan fingerprint density at radius 2 is 1.45 bits per heavy atom. The Morgan fingerprint density at radius 1 is 0.895 bits per heavy atom. The lowest BCUT2D eigenvalue weighted by Crippen LogP contribution is -2.59. The predicted octanol–water partition coefficient (Wildman–Crippen LogP) is -1.30. The number of imidazole rings is 2. The van der Waals surface area contributed by atoms with Crippen LogP contribution < -0.4 is 21.7 Å². The first-order valence-corrected chi connectivity index (χ1v) is 12.1. The van der Waals surface area contributed by atoms with E-state index in [9.17, 15) is 29.1 Å². The van der Waals surface area contributed by atoms with Gasteiger partial charge in [-0.1, -0.05) is 20.3 Å². The van der Waals surface area contributed by atoms with E-state index < -0.39 is 53.8 Å². The molecule has 38 heavy (non-hydrogen) atoms. The number of hydrogen-bond acceptors (Lipinski definition) is 8. The Morgan fingerprint density at radius 3 is 1.92 bits per heavy atom. The SMILES string of the molecule is CCC(C)C(NC(=O)C(Cc1cnc[nH]1)NC(=O)C(N)CCC(=O)O)C(=O)NC(Cc1cnc[nH]1)C(=O)O. The van der Waals surface area contributed by atoms with Crippen LogP contribution in [0.3, 0.4) is 0 Å². The number of carboxylic acids is 2. The largest absolute Gasteiger partial charge is 0.481 e. The van der Waals surface area contributed by atoms with E-state index in [1.54, 1.807) is 6.92 Å². The molecule has 0 aliphatic rings. The molecule has 2 heterocycles. The summed E-state index contributed by atoms with van der Waals surface area (Å²) < 4.78 is 0. The highest BCUT2D eigenvalue weighted by molar-refractivity contribution is 5.94. The van der Waals surface area contributed by atoms with E-state index in [0.717, 1.165) is 0 Å². The van der Waals surface area contributed by atoms with Crippen LogP contribution in [0.15, 0.2) is 25.0 Å². The Labute approximate surface area is 218 Å². The molecule has 0 aromatic carbocycles. The van der Waals surface area contributed by atoms with Crippen molar-refractivity contribution in [3.05, 3.63) is 36.4 Å². The van der Waals surface area contributed by atoms with Crippen LogP contribution in [-0.4, -0.2) is 84.0 Å². The quantitative estimate of drug-likeness (QED) is 0.126. The molecule has 0 bridgehead atoms. The third kappa shape index (κ3) is 9.31. The van der Waals surface area contributed by atoms with Gasteiger partial charge in [-0.2, -0.15) is 0 Å². The van der Waals surface area contributed by atoms with Gasteiger partial charge in [0, 0.05) is 43.0 Å². The Bertz CT molecular complexity index is 1070. The molecule has 208 valence electrons. The second-order valence-corrected chi connectivity index (χ2v) is 8.93. The molecule has 3 amide bonds. The number of hydrogen-bond donors (Lipinski definition) is 8. The fraction of sp³-hybridized carbons (Fsp3) is 0.522. The van der Waals surface area contributed by atoms with E-state index in [0.29, 0.717) is 17.8 Å². The molecule has 0 aliphatic heterocycles. The highest BCUT2D eigenvalue weighted by Crippen LogP contribution is 2.11. The number of nitrogens with one attached hydrogen (secondary N) is 5. The Balaban J connectivity index is 2.17. The maximum absolute atomic E-state index is 13.3. The van der Waals surface area contributed by atoms with Gasteiger partial charge in [-0.15, -0.1) is 0 Å². The molecular weight excluding hydrogens is 500 g/mol. The number of aromatic nitrogens is 4. The summed E-state index contributed by atoms with van der Waals surface area (Å²) in [5.41, 5.74) is 6.81. The summed E-state index contributed by atoms with van der Waals surface area (Å²) in [4.78, 5) is 75.0. The molecule has 2 aromatic rings. The first-order chi connectivity index (χ1) is 18.0. The van der Waals surface area contributed by atoms with Gasteiger partial charge in [0.15, 0.2) is 0 Å². The number of aromatic amines is 2. The molecule has 5 atom stereocenters. The summed E-state index contributed by atoms with van der Waals surface area (Å²) in [6.07, 6.45) is 5.64. The van der Waals surface area contributed by atoms with Gasteiger partial charge >= 0.3 is 11.9 Å². The fourth-order valence-electron chi connectivity index (χ4n) is 3.55. The van der Waals surface area contributed by atoms with E-state index in [-0.39, 0.29) is 31.6 Å². The minimum absolute atomic E-state index is 0.0182. The van der Waals surface area contributed by atoms with Crippen molar-refractivity contribution in [3.8, 4) is 0 Å². The predicted molar refractivity (Wildman–Crippen MR) is 132 cm³/mol. The zero-order chi connectivity index (χ0) is 28.2. The molecular formula is C23H34N8O7. The minimum Gasteiger partial charge on any atom is -0.481 e. The number of nitrogens with zero attached hydrogens (tertiary/aromatic N) is 2. The fourth-order valence-corrected chi connectivity index (χ4v) is 3.55. The van der Waals surface area contributed by atoms with Gasteiger partial charge < -0.3 is 41.9 Å². The number of amides is 3. The number of rotatable bonds is 16. The van der Waals surface area contributed by atoms with Crippen molar-refractivity contribution in [3.63, 3.8) is 0 Å². The molecule has 15 nitrogen and oxygen atoms in total. The molecule has 2 rings (SSSR count). The third-order valence-electron chi connectivity index (χ3n) is 6.00. The molecule has 5 unspecified atom stereocenters. The van der Waals surface area contributed by atoms with Crippen molar-refractivity contribution in [2.24, 2.45) is 11.7 Å². The molecule has 0 aliphatic carbocycles. The molecule has 0 spiro atoms. The maximum Gasteiger partial charge on any atom is 0.326 e. The van der Waals surface area contributed by atoms with Crippen LogP contribution in [0.4, 0.5) is 0 Å². The van der Waals surface area contributed by atoms with Crippen LogP contribution >= 0.6 is 0 Å².